The second-order valence-corrected chi connectivity index (χ2v) is 4.92. The van der Waals surface area contributed by atoms with E-state index in [0.29, 0.717) is 0 Å². The standard InChI is InChI=1S/C14H22N2/c1-16(2)14-9-7-12(8-10-14)11-15-13-5-3-4-6-13/h7-10,13,15H,3-6,11H2,1-2H3. The number of hydrogen-bond donors (Lipinski definition) is 1. The highest BCUT2D eigenvalue weighted by Gasteiger charge is 2.13. The van der Waals surface area contributed by atoms with Crippen LogP contribution in [0.15, 0.2) is 24.3 Å². The Morgan fingerprint density at radius 2 is 1.75 bits per heavy atom. The third-order valence-corrected chi connectivity index (χ3v) is 3.40. The van der Waals surface area contributed by atoms with Crippen molar-refractivity contribution in [1.82, 2.24) is 5.32 Å². The quantitative estimate of drug-likeness (QED) is 0.836. The van der Waals surface area contributed by atoms with Gasteiger partial charge in [0.25, 0.3) is 0 Å². The smallest absolute Gasteiger partial charge is 0.0361 e. The highest BCUT2D eigenvalue weighted by Crippen LogP contribution is 2.18. The van der Waals surface area contributed by atoms with Gasteiger partial charge in [0.1, 0.15) is 0 Å². The van der Waals surface area contributed by atoms with E-state index in [4.69, 9.17) is 0 Å². The predicted octanol–water partition coefficient (Wildman–Crippen LogP) is 2.78. The Morgan fingerprint density at radius 3 is 2.31 bits per heavy atom. The lowest BCUT2D eigenvalue weighted by atomic mass is 10.1. The lowest BCUT2D eigenvalue weighted by Crippen LogP contribution is -2.25. The Hall–Kier alpha value is -1.02. The van der Waals surface area contributed by atoms with Crippen LogP contribution in [0.25, 0.3) is 0 Å². The summed E-state index contributed by atoms with van der Waals surface area (Å²) >= 11 is 0. The molecule has 2 rings (SSSR count). The fourth-order valence-electron chi connectivity index (χ4n) is 2.30. The number of nitrogens with one attached hydrogen (secondary N) is 1. The van der Waals surface area contributed by atoms with Crippen LogP contribution in [-0.4, -0.2) is 20.1 Å². The second kappa shape index (κ2) is 5.35. The van der Waals surface area contributed by atoms with Gasteiger partial charge in [-0.25, -0.2) is 0 Å². The minimum atomic E-state index is 0.758. The molecule has 0 heterocycles. The molecule has 88 valence electrons. The highest BCUT2D eigenvalue weighted by atomic mass is 15.1. The molecule has 0 atom stereocenters. The molecule has 2 heteroatoms. The van der Waals surface area contributed by atoms with Gasteiger partial charge in [-0.1, -0.05) is 25.0 Å². The minimum absolute atomic E-state index is 0.758. The fourth-order valence-corrected chi connectivity index (χ4v) is 2.30. The number of benzene rings is 1. The molecule has 1 aliphatic rings. The minimum Gasteiger partial charge on any atom is -0.378 e. The molecule has 0 aliphatic heterocycles. The van der Waals surface area contributed by atoms with Gasteiger partial charge in [0.2, 0.25) is 0 Å². The first-order valence-electron chi connectivity index (χ1n) is 6.25. The molecule has 1 fully saturated rings. The third kappa shape index (κ3) is 2.99. The Labute approximate surface area is 98.7 Å². The van der Waals surface area contributed by atoms with Crippen LogP contribution in [0.1, 0.15) is 31.2 Å². The first kappa shape index (κ1) is 11.5. The van der Waals surface area contributed by atoms with E-state index in [-0.39, 0.29) is 0 Å². The molecule has 0 aromatic heterocycles. The van der Waals surface area contributed by atoms with E-state index in [1.54, 1.807) is 0 Å². The zero-order valence-electron chi connectivity index (χ0n) is 10.4. The van der Waals surface area contributed by atoms with E-state index in [1.165, 1.54) is 36.9 Å². The van der Waals surface area contributed by atoms with Gasteiger partial charge >= 0.3 is 0 Å². The van der Waals surface area contributed by atoms with E-state index < -0.39 is 0 Å². The summed E-state index contributed by atoms with van der Waals surface area (Å²) in [6.07, 6.45) is 5.51. The molecule has 0 spiro atoms. The average Bonchev–Trinajstić information content (AvgIpc) is 2.80. The SMILES string of the molecule is CN(C)c1ccc(CNC2CCCC2)cc1. The van der Waals surface area contributed by atoms with Crippen LogP contribution < -0.4 is 10.2 Å². The predicted molar refractivity (Wildman–Crippen MR) is 69.9 cm³/mol. The molecule has 2 nitrogen and oxygen atoms in total. The number of nitrogens with zero attached hydrogens (tertiary/aromatic N) is 1. The molecule has 1 aromatic rings. The van der Waals surface area contributed by atoms with Crippen LogP contribution >= 0.6 is 0 Å². The molecule has 1 aromatic carbocycles. The summed E-state index contributed by atoms with van der Waals surface area (Å²) in [5.74, 6) is 0. The van der Waals surface area contributed by atoms with Crippen LogP contribution in [0.4, 0.5) is 5.69 Å². The summed E-state index contributed by atoms with van der Waals surface area (Å²) in [7, 11) is 4.15. The van der Waals surface area contributed by atoms with E-state index >= 15 is 0 Å². The molecule has 1 aliphatic carbocycles. The van der Waals surface area contributed by atoms with Crippen molar-refractivity contribution in [3.63, 3.8) is 0 Å². The second-order valence-electron chi connectivity index (χ2n) is 4.92. The molecule has 16 heavy (non-hydrogen) atoms. The van der Waals surface area contributed by atoms with Crippen LogP contribution in [0.5, 0.6) is 0 Å². The maximum atomic E-state index is 3.63. The molecule has 0 amide bonds. The summed E-state index contributed by atoms with van der Waals surface area (Å²) < 4.78 is 0. The average molecular weight is 218 g/mol. The molecule has 0 unspecified atom stereocenters. The zero-order valence-corrected chi connectivity index (χ0v) is 10.4. The Bertz CT molecular complexity index is 310. The molecule has 1 saturated carbocycles. The van der Waals surface area contributed by atoms with Crippen molar-refractivity contribution in [2.45, 2.75) is 38.3 Å². The van der Waals surface area contributed by atoms with Gasteiger partial charge in [0, 0.05) is 32.4 Å². The van der Waals surface area contributed by atoms with Gasteiger partial charge in [0.15, 0.2) is 0 Å². The van der Waals surface area contributed by atoms with Crippen LogP contribution in [0.3, 0.4) is 0 Å². The van der Waals surface area contributed by atoms with Crippen molar-refractivity contribution < 1.29 is 0 Å². The van der Waals surface area contributed by atoms with E-state index in [2.05, 4.69) is 48.6 Å². The Balaban J connectivity index is 1.84. The van der Waals surface area contributed by atoms with Crippen LogP contribution in [0.2, 0.25) is 0 Å². The normalized spacial score (nSPS) is 16.6. The van der Waals surface area contributed by atoms with Gasteiger partial charge in [-0.2, -0.15) is 0 Å². The molecule has 0 radical (unpaired) electrons. The first-order valence-corrected chi connectivity index (χ1v) is 6.25. The van der Waals surface area contributed by atoms with Gasteiger partial charge < -0.3 is 10.2 Å². The molecular weight excluding hydrogens is 196 g/mol. The van der Waals surface area contributed by atoms with Crippen molar-refractivity contribution in [3.8, 4) is 0 Å². The van der Waals surface area contributed by atoms with E-state index in [1.807, 2.05) is 0 Å². The first-order chi connectivity index (χ1) is 7.75. The fraction of sp³-hybridized carbons (Fsp3) is 0.571. The summed E-state index contributed by atoms with van der Waals surface area (Å²) in [6.45, 7) is 1.01. The van der Waals surface area contributed by atoms with Crippen molar-refractivity contribution in [2.24, 2.45) is 0 Å². The van der Waals surface area contributed by atoms with Gasteiger partial charge in [-0.15, -0.1) is 0 Å². The van der Waals surface area contributed by atoms with E-state index in [0.717, 1.165) is 12.6 Å². The molecule has 1 N–H and O–H groups in total. The number of rotatable bonds is 4. The topological polar surface area (TPSA) is 15.3 Å². The van der Waals surface area contributed by atoms with Crippen molar-refractivity contribution in [2.75, 3.05) is 19.0 Å². The summed E-state index contributed by atoms with van der Waals surface area (Å²) in [5, 5.41) is 3.63. The Morgan fingerprint density at radius 1 is 1.12 bits per heavy atom. The monoisotopic (exact) mass is 218 g/mol. The van der Waals surface area contributed by atoms with E-state index in [9.17, 15) is 0 Å². The lowest BCUT2D eigenvalue weighted by Gasteiger charge is -2.14. The molecule has 0 saturated heterocycles. The van der Waals surface area contributed by atoms with Crippen molar-refractivity contribution in [1.29, 1.82) is 0 Å². The summed E-state index contributed by atoms with van der Waals surface area (Å²) in [5.41, 5.74) is 2.65. The van der Waals surface area contributed by atoms with Gasteiger partial charge in [-0.05, 0) is 30.5 Å². The van der Waals surface area contributed by atoms with Gasteiger partial charge in [-0.3, -0.25) is 0 Å². The molecule has 0 bridgehead atoms. The lowest BCUT2D eigenvalue weighted by molar-refractivity contribution is 0.524. The largest absolute Gasteiger partial charge is 0.378 e. The zero-order chi connectivity index (χ0) is 11.4. The van der Waals surface area contributed by atoms with Crippen LogP contribution in [0, 0.1) is 0 Å². The van der Waals surface area contributed by atoms with Gasteiger partial charge in [0.05, 0.1) is 0 Å². The summed E-state index contributed by atoms with van der Waals surface area (Å²) in [4.78, 5) is 2.13. The highest BCUT2D eigenvalue weighted by molar-refractivity contribution is 5.45. The third-order valence-electron chi connectivity index (χ3n) is 3.40. The number of hydrogen-bond acceptors (Lipinski definition) is 2. The maximum Gasteiger partial charge on any atom is 0.0361 e. The number of anilines is 1. The van der Waals surface area contributed by atoms with Crippen molar-refractivity contribution >= 4 is 5.69 Å². The summed E-state index contributed by atoms with van der Waals surface area (Å²) in [6, 6.07) is 9.57. The Kier molecular flexibility index (Phi) is 3.83. The maximum absolute atomic E-state index is 3.63. The molecular formula is C14H22N2. The van der Waals surface area contributed by atoms with Crippen LogP contribution in [-0.2, 0) is 6.54 Å². The van der Waals surface area contributed by atoms with Crippen molar-refractivity contribution in [3.05, 3.63) is 29.8 Å².